The first-order valence-electron chi connectivity index (χ1n) is 10.9. The van der Waals surface area contributed by atoms with Gasteiger partial charge in [0.2, 0.25) is 0 Å². The largest absolute Gasteiger partial charge is 0.482 e. The summed E-state index contributed by atoms with van der Waals surface area (Å²) in [6.07, 6.45) is 5.94. The molecule has 0 amide bonds. The Morgan fingerprint density at radius 2 is 1.85 bits per heavy atom. The van der Waals surface area contributed by atoms with Crippen LogP contribution in [0.2, 0.25) is 0 Å². The highest BCUT2D eigenvalue weighted by molar-refractivity contribution is 6.12. The summed E-state index contributed by atoms with van der Waals surface area (Å²) in [6.45, 7) is 2.21. The van der Waals surface area contributed by atoms with Crippen molar-refractivity contribution >= 4 is 17.3 Å². The van der Waals surface area contributed by atoms with Gasteiger partial charge in [-0.1, -0.05) is 53.2 Å². The van der Waals surface area contributed by atoms with E-state index in [0.717, 1.165) is 40.8 Å². The van der Waals surface area contributed by atoms with Gasteiger partial charge in [-0.25, -0.2) is 4.79 Å². The quantitative estimate of drug-likeness (QED) is 0.282. The van der Waals surface area contributed by atoms with Crippen LogP contribution in [0, 0.1) is 0 Å². The molecule has 0 unspecified atom stereocenters. The number of pyridine rings is 1. The van der Waals surface area contributed by atoms with E-state index in [-0.39, 0.29) is 6.61 Å². The zero-order chi connectivity index (χ0) is 23.0. The van der Waals surface area contributed by atoms with Gasteiger partial charge in [-0.2, -0.15) is 0 Å². The third-order valence-electron chi connectivity index (χ3n) is 5.66. The van der Waals surface area contributed by atoms with Gasteiger partial charge in [0.1, 0.15) is 18.1 Å². The van der Waals surface area contributed by atoms with E-state index in [9.17, 15) is 4.79 Å². The van der Waals surface area contributed by atoms with Gasteiger partial charge in [0.15, 0.2) is 6.61 Å². The first-order valence-corrected chi connectivity index (χ1v) is 10.9. The smallest absolute Gasteiger partial charge is 0.341 e. The van der Waals surface area contributed by atoms with Crippen LogP contribution in [0.1, 0.15) is 42.0 Å². The number of oxime groups is 1. The second-order valence-corrected chi connectivity index (χ2v) is 7.85. The molecule has 0 spiro atoms. The van der Waals surface area contributed by atoms with Gasteiger partial charge in [-0.05, 0) is 49.1 Å². The molecule has 6 heteroatoms. The van der Waals surface area contributed by atoms with Gasteiger partial charge in [0.25, 0.3) is 0 Å². The van der Waals surface area contributed by atoms with E-state index in [2.05, 4.69) is 23.1 Å². The number of fused-ring (bicyclic) bond motifs is 1. The Hall–Kier alpha value is -3.93. The molecule has 0 atom stereocenters. The zero-order valence-electron chi connectivity index (χ0n) is 18.5. The maximum atomic E-state index is 10.9. The zero-order valence-corrected chi connectivity index (χ0v) is 18.5. The summed E-state index contributed by atoms with van der Waals surface area (Å²) in [5, 5.41) is 13.4. The van der Waals surface area contributed by atoms with Crippen LogP contribution in [0.15, 0.2) is 83.8 Å². The summed E-state index contributed by atoms with van der Waals surface area (Å²) in [4.78, 5) is 20.9. The molecule has 6 nitrogen and oxygen atoms in total. The van der Waals surface area contributed by atoms with E-state index in [4.69, 9.17) is 14.7 Å². The minimum absolute atomic E-state index is 0.344. The minimum Gasteiger partial charge on any atom is -0.482 e. The number of nitrogens with zero attached hydrogens (tertiary/aromatic N) is 2. The number of ether oxygens (including phenoxy) is 1. The van der Waals surface area contributed by atoms with Gasteiger partial charge < -0.3 is 14.7 Å². The van der Waals surface area contributed by atoms with Crippen LogP contribution in [0.3, 0.4) is 0 Å². The SMILES string of the molecule is CC1=C(CCON=C(c2ccccc2)c2cccnc2)c2cccc(OCC(=O)O)c2CC1. The Balaban J connectivity index is 1.51. The molecule has 1 aromatic heterocycles. The first kappa shape index (κ1) is 22.3. The maximum absolute atomic E-state index is 10.9. The number of benzene rings is 2. The van der Waals surface area contributed by atoms with E-state index in [1.807, 2.05) is 54.6 Å². The molecule has 0 saturated carbocycles. The number of hydrogen-bond acceptors (Lipinski definition) is 5. The van der Waals surface area contributed by atoms with E-state index in [1.54, 1.807) is 12.4 Å². The molecule has 0 aliphatic heterocycles. The predicted molar refractivity (Wildman–Crippen MR) is 127 cm³/mol. The Morgan fingerprint density at radius 1 is 1.03 bits per heavy atom. The predicted octanol–water partition coefficient (Wildman–Crippen LogP) is 5.12. The highest BCUT2D eigenvalue weighted by atomic mass is 16.6. The van der Waals surface area contributed by atoms with Gasteiger partial charge in [0.05, 0.1) is 0 Å². The van der Waals surface area contributed by atoms with Crippen LogP contribution in [-0.4, -0.2) is 35.0 Å². The molecule has 0 fully saturated rings. The lowest BCUT2D eigenvalue weighted by atomic mass is 9.84. The monoisotopic (exact) mass is 442 g/mol. The molecular formula is C27H26N2O4. The van der Waals surface area contributed by atoms with Crippen LogP contribution in [0.4, 0.5) is 0 Å². The van der Waals surface area contributed by atoms with Crippen molar-refractivity contribution in [3.8, 4) is 5.75 Å². The lowest BCUT2D eigenvalue weighted by molar-refractivity contribution is -0.139. The molecule has 1 heterocycles. The molecule has 0 bridgehead atoms. The number of allylic oxidation sites excluding steroid dienone is 1. The van der Waals surface area contributed by atoms with Crippen molar-refractivity contribution in [1.29, 1.82) is 0 Å². The van der Waals surface area contributed by atoms with Crippen molar-refractivity contribution in [2.45, 2.75) is 26.2 Å². The lowest BCUT2D eigenvalue weighted by Gasteiger charge is -2.23. The Bertz CT molecular complexity index is 1130. The van der Waals surface area contributed by atoms with Crippen molar-refractivity contribution in [1.82, 2.24) is 4.98 Å². The molecule has 1 aliphatic carbocycles. The van der Waals surface area contributed by atoms with Crippen molar-refractivity contribution in [2.75, 3.05) is 13.2 Å². The number of aromatic nitrogens is 1. The Kier molecular flexibility index (Phi) is 7.15. The number of carbonyl (C=O) groups is 1. The molecule has 1 aliphatic rings. The molecule has 3 aromatic rings. The highest BCUT2D eigenvalue weighted by Crippen LogP contribution is 2.37. The molecule has 4 rings (SSSR count). The second kappa shape index (κ2) is 10.6. The number of aliphatic carboxylic acids is 1. The van der Waals surface area contributed by atoms with Crippen LogP contribution < -0.4 is 4.74 Å². The van der Waals surface area contributed by atoms with Gasteiger partial charge in [0, 0.05) is 35.5 Å². The summed E-state index contributed by atoms with van der Waals surface area (Å²) in [5.41, 5.74) is 7.26. The van der Waals surface area contributed by atoms with Crippen LogP contribution >= 0.6 is 0 Å². The van der Waals surface area contributed by atoms with Crippen molar-refractivity contribution in [3.05, 3.63) is 101 Å². The van der Waals surface area contributed by atoms with E-state index >= 15 is 0 Å². The number of hydrogen-bond donors (Lipinski definition) is 1. The number of rotatable bonds is 9. The highest BCUT2D eigenvalue weighted by Gasteiger charge is 2.20. The molecular weight excluding hydrogens is 416 g/mol. The molecule has 33 heavy (non-hydrogen) atoms. The Morgan fingerprint density at radius 3 is 2.61 bits per heavy atom. The average molecular weight is 443 g/mol. The average Bonchev–Trinajstić information content (AvgIpc) is 2.84. The second-order valence-electron chi connectivity index (χ2n) is 7.85. The fraction of sp³-hybridized carbons (Fsp3) is 0.222. The standard InChI is InChI=1S/C27H26N2O4/c1-19-12-13-24-23(10-5-11-25(24)32-18-26(30)31)22(19)14-16-33-29-27(20-7-3-2-4-8-20)21-9-6-15-28-17-21/h2-11,15,17H,12-14,16,18H2,1H3,(H,30,31). The summed E-state index contributed by atoms with van der Waals surface area (Å²) in [7, 11) is 0. The topological polar surface area (TPSA) is 81.0 Å². The normalized spacial score (nSPS) is 13.4. The minimum atomic E-state index is -0.982. The maximum Gasteiger partial charge on any atom is 0.341 e. The van der Waals surface area contributed by atoms with Crippen molar-refractivity contribution in [3.63, 3.8) is 0 Å². The summed E-state index contributed by atoms with van der Waals surface area (Å²) >= 11 is 0. The number of carboxylic acids is 1. The Labute approximate surface area is 193 Å². The molecule has 0 radical (unpaired) electrons. The van der Waals surface area contributed by atoms with E-state index < -0.39 is 5.97 Å². The summed E-state index contributed by atoms with van der Waals surface area (Å²) in [6, 6.07) is 19.6. The third-order valence-corrected chi connectivity index (χ3v) is 5.66. The van der Waals surface area contributed by atoms with Crippen molar-refractivity contribution < 1.29 is 19.5 Å². The van der Waals surface area contributed by atoms with Crippen LogP contribution in [0.25, 0.3) is 5.57 Å². The molecule has 2 aromatic carbocycles. The van der Waals surface area contributed by atoms with Crippen LogP contribution in [-0.2, 0) is 16.1 Å². The summed E-state index contributed by atoms with van der Waals surface area (Å²) < 4.78 is 5.52. The van der Waals surface area contributed by atoms with Crippen LogP contribution in [0.5, 0.6) is 5.75 Å². The van der Waals surface area contributed by atoms with Gasteiger partial charge in [-0.3, -0.25) is 4.98 Å². The van der Waals surface area contributed by atoms with Crippen molar-refractivity contribution in [2.24, 2.45) is 5.16 Å². The molecule has 168 valence electrons. The van der Waals surface area contributed by atoms with E-state index in [1.165, 1.54) is 11.1 Å². The van der Waals surface area contributed by atoms with Gasteiger partial charge >= 0.3 is 5.97 Å². The fourth-order valence-electron chi connectivity index (χ4n) is 4.05. The fourth-order valence-corrected chi connectivity index (χ4v) is 4.05. The first-order chi connectivity index (χ1) is 16.1. The van der Waals surface area contributed by atoms with Gasteiger partial charge in [-0.15, -0.1) is 0 Å². The summed E-state index contributed by atoms with van der Waals surface area (Å²) in [5.74, 6) is -0.341. The molecule has 0 saturated heterocycles. The van der Waals surface area contributed by atoms with E-state index in [0.29, 0.717) is 18.8 Å². The number of carboxylic acid groups (broad SMARTS) is 1. The lowest BCUT2D eigenvalue weighted by Crippen LogP contribution is -2.13. The molecule has 1 N–H and O–H groups in total. The third kappa shape index (κ3) is 5.47.